The van der Waals surface area contributed by atoms with Gasteiger partial charge in [0.05, 0.1) is 11.1 Å². The molecule has 0 aliphatic carbocycles. The lowest BCUT2D eigenvalue weighted by molar-refractivity contribution is -0.164. The molecular formula is C97H88N4O18. The van der Waals surface area contributed by atoms with Gasteiger partial charge in [-0.15, -0.1) is 0 Å². The summed E-state index contributed by atoms with van der Waals surface area (Å²) in [5.74, 6) is -7.33. The Hall–Kier alpha value is -15.7. The highest BCUT2D eigenvalue weighted by Crippen LogP contribution is 2.35. The molecule has 0 aromatic heterocycles. The van der Waals surface area contributed by atoms with Gasteiger partial charge < -0.3 is 65.6 Å². The smallest absolute Gasteiger partial charge is 0.347 e. The van der Waals surface area contributed by atoms with E-state index in [9.17, 15) is 43.2 Å². The molecule has 0 heterocycles. The Morgan fingerprint density at radius 2 is 0.613 bits per heavy atom. The Morgan fingerprint density at radius 3 is 1.01 bits per heavy atom. The fourth-order valence-electron chi connectivity index (χ4n) is 10.6. The molecule has 22 nitrogen and oxygen atoms in total. The Kier molecular flexibility index (Phi) is 35.2. The summed E-state index contributed by atoms with van der Waals surface area (Å²) in [6.07, 6.45) is 17.3. The predicted octanol–water partition coefficient (Wildman–Crippen LogP) is 17.9. The number of nitrogens with two attached hydrogens (primary N) is 4. The molecule has 0 amide bonds. The summed E-state index contributed by atoms with van der Waals surface area (Å²) in [6, 6.07) is 76.8. The summed E-state index contributed by atoms with van der Waals surface area (Å²) in [5, 5.41) is 0. The summed E-state index contributed by atoms with van der Waals surface area (Å²) in [7, 11) is 0. The van der Waals surface area contributed by atoms with E-state index < -0.39 is 102 Å². The van der Waals surface area contributed by atoms with Crippen molar-refractivity contribution >= 4 is 113 Å². The largest absolute Gasteiger partial charge is 0.490 e. The zero-order valence-corrected chi connectivity index (χ0v) is 65.7. The summed E-state index contributed by atoms with van der Waals surface area (Å²) in [4.78, 5) is 120. The highest BCUT2D eigenvalue weighted by atomic mass is 16.6. The van der Waals surface area contributed by atoms with Gasteiger partial charge in [0.25, 0.3) is 0 Å². The van der Waals surface area contributed by atoms with Crippen molar-refractivity contribution in [2.24, 2.45) is 5.41 Å². The van der Waals surface area contributed by atoms with E-state index in [-0.39, 0.29) is 46.4 Å². The van der Waals surface area contributed by atoms with Gasteiger partial charge in [0, 0.05) is 75.9 Å². The van der Waals surface area contributed by atoms with Crippen LogP contribution in [0.15, 0.2) is 316 Å². The molecule has 0 aliphatic heterocycles. The molecule has 0 atom stereocenters. The zero-order valence-electron chi connectivity index (χ0n) is 65.7. The standard InChI is InChI=1S/C52H38N2O10.C41H38N2O8.2C2H6/c53-39-21-11-18-37(30-39)49(56)63-47-33-43(52(59)62-46-26-10-8-17-36(46)27-28-44(55)34-14-3-1-4-15-34)48(64-50(57)38-19-12-22-40(54)31-38)32-42(47)51(58)61-45-25-9-7-16-35(45)20-13-29-60-41-23-5-2-6-24-41;42-35-15-7-13-33(25-35)19-23-39(46)50-29-41(27-48-37(44)21-17-31-9-3-1-4-10-31,28-49-38(45)22-18-32-11-5-2-6-12-32)30-51-40(47)24-20-34-14-8-16-36(43)26-34;2*1-2/h1-28,30-33H,29,53-54H2;1-26H,27-30,42-43H2;2*1-2H3/b20-13+,28-27-;;;. The van der Waals surface area contributed by atoms with Crippen LogP contribution >= 0.6 is 0 Å². The van der Waals surface area contributed by atoms with Crippen LogP contribution in [0.25, 0.3) is 36.5 Å². The van der Waals surface area contributed by atoms with E-state index in [0.717, 1.165) is 23.3 Å². The van der Waals surface area contributed by atoms with E-state index in [1.165, 1.54) is 91.1 Å². The quantitative estimate of drug-likeness (QED) is 0.00783. The minimum atomic E-state index is -1.51. The number of nitrogen functional groups attached to an aromatic ring is 4. The molecule has 22 heteroatoms. The van der Waals surface area contributed by atoms with Gasteiger partial charge in [-0.3, -0.25) is 4.79 Å². The van der Waals surface area contributed by atoms with Crippen molar-refractivity contribution in [2.45, 2.75) is 27.7 Å². The number of para-hydroxylation sites is 3. The number of ether oxygens (including phenoxy) is 9. The van der Waals surface area contributed by atoms with Crippen molar-refractivity contribution < 1.29 is 85.8 Å². The summed E-state index contributed by atoms with van der Waals surface area (Å²) in [6.45, 7) is 6.41. The fraction of sp³-hybridized carbons (Fsp3) is 0.103. The molecule has 0 fully saturated rings. The molecule has 8 N–H and O–H groups in total. The number of carbonyl (C=O) groups is 9. The maximum Gasteiger partial charge on any atom is 0.347 e. The molecule has 0 radical (unpaired) electrons. The zero-order chi connectivity index (χ0) is 85.2. The molecule has 0 aliphatic rings. The van der Waals surface area contributed by atoms with E-state index >= 15 is 0 Å². The maximum atomic E-state index is 14.3. The number of anilines is 4. The average Bonchev–Trinajstić information content (AvgIpc) is 0.784. The van der Waals surface area contributed by atoms with E-state index in [4.69, 9.17) is 65.6 Å². The van der Waals surface area contributed by atoms with Gasteiger partial charge >= 0.3 is 47.8 Å². The predicted molar refractivity (Wildman–Crippen MR) is 461 cm³/mol. The van der Waals surface area contributed by atoms with Crippen LogP contribution in [0.5, 0.6) is 28.7 Å². The first-order chi connectivity index (χ1) is 57.8. The van der Waals surface area contributed by atoms with Crippen LogP contribution in [-0.2, 0) is 38.1 Å². The first-order valence-electron chi connectivity index (χ1n) is 37.6. The minimum Gasteiger partial charge on any atom is -0.490 e. The Morgan fingerprint density at radius 1 is 0.294 bits per heavy atom. The fourth-order valence-corrected chi connectivity index (χ4v) is 10.6. The summed E-state index contributed by atoms with van der Waals surface area (Å²) in [5.41, 5.74) is 27.0. The molecule has 0 saturated carbocycles. The van der Waals surface area contributed by atoms with Crippen LogP contribution in [0.1, 0.15) is 113 Å². The average molecular weight is 1600 g/mol. The molecule has 11 aromatic rings. The van der Waals surface area contributed by atoms with Crippen LogP contribution in [0.4, 0.5) is 22.7 Å². The molecule has 11 aromatic carbocycles. The van der Waals surface area contributed by atoms with E-state index in [1.54, 1.807) is 158 Å². The lowest BCUT2D eigenvalue weighted by atomic mass is 9.92. The van der Waals surface area contributed by atoms with Gasteiger partial charge in [-0.1, -0.05) is 216 Å². The van der Waals surface area contributed by atoms with Crippen molar-refractivity contribution in [3.8, 4) is 28.7 Å². The van der Waals surface area contributed by atoms with Gasteiger partial charge in [0.15, 0.2) is 5.78 Å². The normalized spacial score (nSPS) is 11.3. The molecule has 604 valence electrons. The van der Waals surface area contributed by atoms with E-state index in [2.05, 4.69) is 0 Å². The molecule has 0 unspecified atom stereocenters. The van der Waals surface area contributed by atoms with Gasteiger partial charge in [0.1, 0.15) is 78.3 Å². The maximum absolute atomic E-state index is 14.3. The van der Waals surface area contributed by atoms with Crippen LogP contribution in [0.2, 0.25) is 0 Å². The summed E-state index contributed by atoms with van der Waals surface area (Å²) < 4.78 is 51.3. The van der Waals surface area contributed by atoms with Crippen molar-refractivity contribution in [3.05, 3.63) is 377 Å². The number of carbonyl (C=O) groups excluding carboxylic acids is 9. The molecule has 119 heavy (non-hydrogen) atoms. The van der Waals surface area contributed by atoms with Crippen molar-refractivity contribution in [1.82, 2.24) is 0 Å². The number of hydrogen-bond acceptors (Lipinski definition) is 22. The summed E-state index contributed by atoms with van der Waals surface area (Å²) >= 11 is 0. The second-order valence-electron chi connectivity index (χ2n) is 25.2. The number of hydrogen-bond donors (Lipinski definition) is 4. The number of benzene rings is 11. The monoisotopic (exact) mass is 1600 g/mol. The second kappa shape index (κ2) is 47.1. The molecule has 0 bridgehead atoms. The van der Waals surface area contributed by atoms with Gasteiger partial charge in [0.2, 0.25) is 0 Å². The van der Waals surface area contributed by atoms with Crippen molar-refractivity contribution in [1.29, 1.82) is 0 Å². The third-order valence-corrected chi connectivity index (χ3v) is 16.4. The van der Waals surface area contributed by atoms with Crippen molar-refractivity contribution in [3.63, 3.8) is 0 Å². The van der Waals surface area contributed by atoms with Crippen LogP contribution in [0.3, 0.4) is 0 Å². The third-order valence-electron chi connectivity index (χ3n) is 16.4. The molecule has 11 rings (SSSR count). The van der Waals surface area contributed by atoms with Crippen LogP contribution < -0.4 is 46.6 Å². The number of ketones is 1. The number of rotatable bonds is 31. The third kappa shape index (κ3) is 29.6. The molecule has 0 spiro atoms. The Bertz CT molecular complexity index is 5330. The second-order valence-corrected chi connectivity index (χ2v) is 25.2. The highest BCUT2D eigenvalue weighted by molar-refractivity contribution is 6.07. The Balaban J connectivity index is 0.000000292. The number of allylic oxidation sites excluding steroid dienone is 1. The van der Waals surface area contributed by atoms with Gasteiger partial charge in [-0.05, 0) is 150 Å². The van der Waals surface area contributed by atoms with Gasteiger partial charge in [-0.2, -0.15) is 0 Å². The van der Waals surface area contributed by atoms with E-state index in [0.29, 0.717) is 44.9 Å². The molecular weight excluding hydrogens is 1510 g/mol. The van der Waals surface area contributed by atoms with Crippen molar-refractivity contribution in [2.75, 3.05) is 56.0 Å². The lowest BCUT2D eigenvalue weighted by Crippen LogP contribution is -2.43. The SMILES string of the molecule is CC.CC.Nc1cccc(C(=O)Oc2cc(C(=O)Oc3ccccc3/C=C/COc3ccccc3)c(OC(=O)c3cccc(N)c3)cc2C(=O)Oc2ccccc2/C=C\C(=O)c2ccccc2)c1.Nc1cccc(C=CC(=O)OCC(COC(=O)C=Cc2ccccc2)(COC(=O)C=Cc2ccccc2)COC(=O)C=Cc2cccc(N)c2)c1. The Labute approximate surface area is 689 Å². The lowest BCUT2D eigenvalue weighted by Gasteiger charge is -2.31. The first-order valence-corrected chi connectivity index (χ1v) is 37.6. The first kappa shape index (κ1) is 88.8. The van der Waals surface area contributed by atoms with Crippen LogP contribution in [-0.4, -0.2) is 86.6 Å². The van der Waals surface area contributed by atoms with E-state index in [1.807, 2.05) is 119 Å². The van der Waals surface area contributed by atoms with Gasteiger partial charge in [-0.25, -0.2) is 38.4 Å². The molecule has 0 saturated heterocycles. The highest BCUT2D eigenvalue weighted by Gasteiger charge is 2.38. The van der Waals surface area contributed by atoms with Crippen LogP contribution in [0, 0.1) is 5.41 Å². The number of esters is 8. The minimum absolute atomic E-state index is 0.0242. The topological polar surface area (TPSA) is 341 Å².